The molecule has 0 amide bonds. The van der Waals surface area contributed by atoms with Crippen LogP contribution in [-0.2, 0) is 0 Å². The second-order valence-corrected chi connectivity index (χ2v) is 4.12. The molecule has 0 bridgehead atoms. The van der Waals surface area contributed by atoms with Gasteiger partial charge in [0.2, 0.25) is 0 Å². The Balaban J connectivity index is 3.18. The first kappa shape index (κ1) is 13.9. The molecule has 0 heterocycles. The topological polar surface area (TPSA) is 3.24 Å². The van der Waals surface area contributed by atoms with Crippen LogP contribution in [0.4, 0.5) is 18.9 Å². The maximum atomic E-state index is 13.8. The van der Waals surface area contributed by atoms with Crippen molar-refractivity contribution in [1.29, 1.82) is 0 Å². The highest BCUT2D eigenvalue weighted by Gasteiger charge is 2.19. The molecular weight excluding hydrogens is 227 g/mol. The predicted octanol–water partition coefficient (Wildman–Crippen LogP) is 4.04. The molecule has 0 saturated carbocycles. The molecule has 0 spiro atoms. The molecule has 0 unspecified atom stereocenters. The summed E-state index contributed by atoms with van der Waals surface area (Å²) in [5.74, 6) is -2.74. The van der Waals surface area contributed by atoms with Gasteiger partial charge in [0, 0.05) is 24.7 Å². The van der Waals surface area contributed by atoms with E-state index >= 15 is 0 Å². The van der Waals surface area contributed by atoms with Crippen molar-refractivity contribution >= 4 is 5.69 Å². The second-order valence-electron chi connectivity index (χ2n) is 4.12. The van der Waals surface area contributed by atoms with E-state index in [4.69, 9.17) is 0 Å². The third-order valence-corrected chi connectivity index (χ3v) is 2.70. The van der Waals surface area contributed by atoms with Crippen molar-refractivity contribution < 1.29 is 13.2 Å². The summed E-state index contributed by atoms with van der Waals surface area (Å²) in [5.41, 5.74) is -0.242. The molecule has 1 rings (SSSR count). The Morgan fingerprint density at radius 1 is 1.00 bits per heavy atom. The van der Waals surface area contributed by atoms with Crippen molar-refractivity contribution in [2.45, 2.75) is 33.6 Å². The summed E-state index contributed by atoms with van der Waals surface area (Å²) in [5, 5.41) is 0. The molecule has 0 saturated heterocycles. The van der Waals surface area contributed by atoms with Crippen LogP contribution >= 0.6 is 0 Å². The Labute approximate surface area is 100 Å². The van der Waals surface area contributed by atoms with E-state index in [0.717, 1.165) is 18.9 Å². The first-order valence-corrected chi connectivity index (χ1v) is 5.91. The monoisotopic (exact) mass is 245 g/mol. The fraction of sp³-hybridized carbons (Fsp3) is 0.538. The number of halogens is 3. The lowest BCUT2D eigenvalue weighted by Gasteiger charge is -2.24. The first-order chi connectivity index (χ1) is 8.02. The van der Waals surface area contributed by atoms with Gasteiger partial charge >= 0.3 is 0 Å². The van der Waals surface area contributed by atoms with Crippen LogP contribution in [0.3, 0.4) is 0 Å². The van der Waals surface area contributed by atoms with Crippen LogP contribution in [0.5, 0.6) is 0 Å². The van der Waals surface area contributed by atoms with Crippen LogP contribution < -0.4 is 4.90 Å². The number of rotatable bonds is 5. The van der Waals surface area contributed by atoms with Crippen molar-refractivity contribution in [1.82, 2.24) is 0 Å². The van der Waals surface area contributed by atoms with Crippen LogP contribution in [0.1, 0.15) is 32.3 Å². The largest absolute Gasteiger partial charge is 0.369 e. The number of hydrogen-bond acceptors (Lipinski definition) is 1. The Kier molecular flexibility index (Phi) is 4.85. The van der Waals surface area contributed by atoms with E-state index in [9.17, 15) is 13.2 Å². The minimum absolute atomic E-state index is 0.0225. The molecule has 0 aromatic heterocycles. The first-order valence-electron chi connectivity index (χ1n) is 5.91. The van der Waals surface area contributed by atoms with Crippen LogP contribution in [0, 0.1) is 24.4 Å². The van der Waals surface area contributed by atoms with Gasteiger partial charge in [-0.25, -0.2) is 13.2 Å². The molecule has 1 nitrogen and oxygen atoms in total. The third kappa shape index (κ3) is 2.93. The number of anilines is 1. The van der Waals surface area contributed by atoms with Gasteiger partial charge in [-0.1, -0.05) is 13.8 Å². The van der Waals surface area contributed by atoms with Gasteiger partial charge in [0.15, 0.2) is 11.6 Å². The van der Waals surface area contributed by atoms with E-state index in [1.807, 2.05) is 13.8 Å². The molecule has 0 radical (unpaired) electrons. The van der Waals surface area contributed by atoms with Gasteiger partial charge in [0.25, 0.3) is 0 Å². The standard InChI is InChI=1S/C13H18F3N/c1-4-6-17(7-5-2)11-8-10(14)9(3)12(15)13(11)16/h8H,4-7H2,1-3H3. The molecule has 0 N–H and O–H groups in total. The maximum Gasteiger partial charge on any atom is 0.182 e. The highest BCUT2D eigenvalue weighted by molar-refractivity contribution is 5.50. The zero-order chi connectivity index (χ0) is 13.0. The Morgan fingerprint density at radius 3 is 2.00 bits per heavy atom. The third-order valence-electron chi connectivity index (χ3n) is 2.70. The minimum atomic E-state index is -1.09. The fourth-order valence-corrected chi connectivity index (χ4v) is 1.80. The average Bonchev–Trinajstić information content (AvgIpc) is 2.31. The van der Waals surface area contributed by atoms with Crippen LogP contribution in [0.2, 0.25) is 0 Å². The normalized spacial score (nSPS) is 10.7. The van der Waals surface area contributed by atoms with E-state index in [-0.39, 0.29) is 11.3 Å². The van der Waals surface area contributed by atoms with Gasteiger partial charge in [-0.3, -0.25) is 0 Å². The highest BCUT2D eigenvalue weighted by Crippen LogP contribution is 2.26. The zero-order valence-electron chi connectivity index (χ0n) is 10.5. The van der Waals surface area contributed by atoms with Gasteiger partial charge in [-0.15, -0.1) is 0 Å². The highest BCUT2D eigenvalue weighted by atomic mass is 19.2. The quantitative estimate of drug-likeness (QED) is 0.708. The predicted molar refractivity (Wildman–Crippen MR) is 63.8 cm³/mol. The summed E-state index contributed by atoms with van der Waals surface area (Å²) < 4.78 is 40.6. The number of hydrogen-bond donors (Lipinski definition) is 0. The molecule has 1 aromatic carbocycles. The second kappa shape index (κ2) is 5.94. The smallest absolute Gasteiger partial charge is 0.182 e. The molecule has 0 aliphatic carbocycles. The lowest BCUT2D eigenvalue weighted by atomic mass is 10.1. The van der Waals surface area contributed by atoms with Gasteiger partial charge in [-0.05, 0) is 19.8 Å². The van der Waals surface area contributed by atoms with Crippen molar-refractivity contribution in [3.63, 3.8) is 0 Å². The summed E-state index contributed by atoms with van der Waals surface area (Å²) in [6, 6.07) is 1.08. The summed E-state index contributed by atoms with van der Waals surface area (Å²) in [6.45, 7) is 6.31. The Hall–Kier alpha value is -1.19. The van der Waals surface area contributed by atoms with Gasteiger partial charge in [0.1, 0.15) is 5.82 Å². The van der Waals surface area contributed by atoms with Crippen molar-refractivity contribution in [2.75, 3.05) is 18.0 Å². The van der Waals surface area contributed by atoms with Crippen molar-refractivity contribution in [3.05, 3.63) is 29.1 Å². The van der Waals surface area contributed by atoms with Crippen LogP contribution in [0.25, 0.3) is 0 Å². The van der Waals surface area contributed by atoms with Gasteiger partial charge < -0.3 is 4.90 Å². The van der Waals surface area contributed by atoms with Crippen molar-refractivity contribution in [2.24, 2.45) is 0 Å². The molecule has 96 valence electrons. The van der Waals surface area contributed by atoms with Crippen LogP contribution in [-0.4, -0.2) is 13.1 Å². The Bertz CT molecular complexity index is 385. The lowest BCUT2D eigenvalue weighted by Crippen LogP contribution is -2.26. The van der Waals surface area contributed by atoms with E-state index < -0.39 is 17.5 Å². The van der Waals surface area contributed by atoms with Crippen molar-refractivity contribution in [3.8, 4) is 0 Å². The SMILES string of the molecule is CCCN(CCC)c1cc(F)c(C)c(F)c1F. The summed E-state index contributed by atoms with van der Waals surface area (Å²) in [7, 11) is 0. The molecule has 0 atom stereocenters. The maximum absolute atomic E-state index is 13.8. The summed E-state index contributed by atoms with van der Waals surface area (Å²) in [4.78, 5) is 1.68. The van der Waals surface area contributed by atoms with Gasteiger partial charge in [0.05, 0.1) is 5.69 Å². The van der Waals surface area contributed by atoms with E-state index in [0.29, 0.717) is 13.1 Å². The number of benzene rings is 1. The van der Waals surface area contributed by atoms with Crippen LogP contribution in [0.15, 0.2) is 6.07 Å². The van der Waals surface area contributed by atoms with Gasteiger partial charge in [-0.2, -0.15) is 0 Å². The fourth-order valence-electron chi connectivity index (χ4n) is 1.80. The summed E-state index contributed by atoms with van der Waals surface area (Å²) >= 11 is 0. The average molecular weight is 245 g/mol. The zero-order valence-corrected chi connectivity index (χ0v) is 10.5. The Morgan fingerprint density at radius 2 is 1.53 bits per heavy atom. The molecule has 1 aromatic rings. The van der Waals surface area contributed by atoms with E-state index in [1.54, 1.807) is 4.90 Å². The minimum Gasteiger partial charge on any atom is -0.369 e. The molecule has 17 heavy (non-hydrogen) atoms. The lowest BCUT2D eigenvalue weighted by molar-refractivity contribution is 0.483. The molecule has 0 aliphatic rings. The molecule has 4 heteroatoms. The summed E-state index contributed by atoms with van der Waals surface area (Å²) in [6.07, 6.45) is 1.60. The van der Waals surface area contributed by atoms with E-state index in [2.05, 4.69) is 0 Å². The molecular formula is C13H18F3N. The molecule has 0 fully saturated rings. The van der Waals surface area contributed by atoms with E-state index in [1.165, 1.54) is 6.92 Å². The number of nitrogens with zero attached hydrogens (tertiary/aromatic N) is 1. The molecule has 0 aliphatic heterocycles.